The molecule has 120 valence electrons. The Kier molecular flexibility index (Phi) is 2.71. The van der Waals surface area contributed by atoms with Gasteiger partial charge in [-0.05, 0) is 55.9 Å². The molecule has 5 rings (SSSR count). The summed E-state index contributed by atoms with van der Waals surface area (Å²) in [7, 11) is 0. The van der Waals surface area contributed by atoms with E-state index in [1.54, 1.807) is 0 Å². The number of nitrogens with one attached hydrogen (secondary N) is 2. The second-order valence-electron chi connectivity index (χ2n) is 6.52. The van der Waals surface area contributed by atoms with Crippen molar-refractivity contribution in [2.75, 3.05) is 5.73 Å². The van der Waals surface area contributed by atoms with Gasteiger partial charge in [-0.3, -0.25) is 10.2 Å². The van der Waals surface area contributed by atoms with E-state index >= 15 is 0 Å². The number of nitrogens with zero attached hydrogens (tertiary/aromatic N) is 3. The Morgan fingerprint density at radius 3 is 2.67 bits per heavy atom. The molecule has 0 amide bonds. The molecule has 6 nitrogen and oxygen atoms in total. The van der Waals surface area contributed by atoms with Crippen LogP contribution in [-0.4, -0.2) is 25.4 Å². The average molecular weight is 318 g/mol. The van der Waals surface area contributed by atoms with E-state index in [0.29, 0.717) is 5.82 Å². The van der Waals surface area contributed by atoms with Crippen LogP contribution in [0.1, 0.15) is 29.7 Å². The number of aromatic nitrogens is 5. The van der Waals surface area contributed by atoms with Crippen molar-refractivity contribution in [1.82, 2.24) is 25.4 Å². The minimum atomic E-state index is 0.553. The molecule has 4 aromatic rings. The molecule has 0 saturated heterocycles. The Hall–Kier alpha value is -2.89. The van der Waals surface area contributed by atoms with Crippen LogP contribution in [0.2, 0.25) is 0 Å². The van der Waals surface area contributed by atoms with Gasteiger partial charge in [0.1, 0.15) is 0 Å². The predicted octanol–water partition coefficient (Wildman–Crippen LogP) is 3.27. The second kappa shape index (κ2) is 4.80. The van der Waals surface area contributed by atoms with Crippen molar-refractivity contribution in [2.24, 2.45) is 0 Å². The van der Waals surface area contributed by atoms with E-state index in [9.17, 15) is 0 Å². The molecule has 6 heteroatoms. The molecule has 0 aliphatic heterocycles. The van der Waals surface area contributed by atoms with Crippen molar-refractivity contribution in [3.63, 3.8) is 0 Å². The van der Waals surface area contributed by atoms with E-state index < -0.39 is 0 Å². The number of pyridine rings is 1. The number of hydrogen-bond donors (Lipinski definition) is 3. The maximum atomic E-state index is 6.15. The lowest BCUT2D eigenvalue weighted by atomic mass is 9.85. The Morgan fingerprint density at radius 1 is 1.04 bits per heavy atom. The maximum Gasteiger partial charge on any atom is 0.153 e. The Morgan fingerprint density at radius 2 is 1.88 bits per heavy atom. The van der Waals surface area contributed by atoms with Gasteiger partial charge in [0.05, 0.1) is 28.3 Å². The number of rotatable bonds is 1. The highest BCUT2D eigenvalue weighted by Gasteiger charge is 2.23. The fourth-order valence-corrected chi connectivity index (χ4v) is 3.97. The van der Waals surface area contributed by atoms with E-state index in [1.807, 2.05) is 19.2 Å². The molecule has 1 aliphatic carbocycles. The molecule has 0 spiro atoms. The SMILES string of the molecule is Cc1[nH]ncc1-c1nc2ccc3[nH]nc(N)c3c2c2c1CCCC2. The molecule has 24 heavy (non-hydrogen) atoms. The van der Waals surface area contributed by atoms with Gasteiger partial charge in [0.2, 0.25) is 0 Å². The number of benzene rings is 1. The van der Waals surface area contributed by atoms with Gasteiger partial charge in [0.15, 0.2) is 5.82 Å². The lowest BCUT2D eigenvalue weighted by molar-refractivity contribution is 0.689. The van der Waals surface area contributed by atoms with Crippen LogP contribution in [0, 0.1) is 6.92 Å². The first kappa shape index (κ1) is 13.5. The summed E-state index contributed by atoms with van der Waals surface area (Å²) in [4.78, 5) is 5.01. The van der Waals surface area contributed by atoms with Gasteiger partial charge in [0, 0.05) is 16.6 Å². The van der Waals surface area contributed by atoms with Crippen LogP contribution in [0.4, 0.5) is 5.82 Å². The molecule has 0 saturated carbocycles. The predicted molar refractivity (Wildman–Crippen MR) is 94.8 cm³/mol. The number of nitrogen functional groups attached to an aromatic ring is 1. The minimum Gasteiger partial charge on any atom is -0.382 e. The molecule has 0 fully saturated rings. The van der Waals surface area contributed by atoms with Gasteiger partial charge < -0.3 is 5.73 Å². The minimum absolute atomic E-state index is 0.553. The lowest BCUT2D eigenvalue weighted by Crippen LogP contribution is -2.08. The van der Waals surface area contributed by atoms with Gasteiger partial charge in [-0.1, -0.05) is 0 Å². The zero-order valence-electron chi connectivity index (χ0n) is 13.5. The first-order valence-corrected chi connectivity index (χ1v) is 8.32. The number of aryl methyl sites for hydroxylation is 2. The van der Waals surface area contributed by atoms with Crippen LogP contribution >= 0.6 is 0 Å². The fourth-order valence-electron chi connectivity index (χ4n) is 3.97. The van der Waals surface area contributed by atoms with Crippen molar-refractivity contribution < 1.29 is 0 Å². The number of hydrogen-bond acceptors (Lipinski definition) is 4. The monoisotopic (exact) mass is 318 g/mol. The zero-order chi connectivity index (χ0) is 16.3. The molecule has 1 aromatic carbocycles. The molecular weight excluding hydrogens is 300 g/mol. The van der Waals surface area contributed by atoms with Crippen molar-refractivity contribution in [2.45, 2.75) is 32.6 Å². The zero-order valence-corrected chi connectivity index (χ0v) is 13.5. The van der Waals surface area contributed by atoms with E-state index in [0.717, 1.165) is 46.2 Å². The van der Waals surface area contributed by atoms with Crippen molar-refractivity contribution >= 4 is 27.6 Å². The largest absolute Gasteiger partial charge is 0.382 e. The van der Waals surface area contributed by atoms with Crippen LogP contribution < -0.4 is 5.73 Å². The number of H-pyrrole nitrogens is 2. The summed E-state index contributed by atoms with van der Waals surface area (Å²) in [5.74, 6) is 0.553. The summed E-state index contributed by atoms with van der Waals surface area (Å²) in [6.45, 7) is 2.04. The van der Waals surface area contributed by atoms with Gasteiger partial charge in [-0.25, -0.2) is 4.98 Å². The Balaban J connectivity index is 1.96. The lowest BCUT2D eigenvalue weighted by Gasteiger charge is -2.21. The molecule has 3 heterocycles. The third kappa shape index (κ3) is 1.73. The standard InChI is InChI=1S/C18H18N6/c1-9-12(8-20-22-9)17-11-5-3-2-4-10(11)15-13(21-17)6-7-14-16(15)18(19)24-23-14/h6-8H,2-5H2,1H3,(H,20,22)(H3,19,23,24). The van der Waals surface area contributed by atoms with Gasteiger partial charge in [-0.2, -0.15) is 10.2 Å². The van der Waals surface area contributed by atoms with Crippen LogP contribution in [0.5, 0.6) is 0 Å². The number of anilines is 1. The van der Waals surface area contributed by atoms with Gasteiger partial charge in [0.25, 0.3) is 0 Å². The summed E-state index contributed by atoms with van der Waals surface area (Å²) in [6, 6.07) is 4.07. The summed E-state index contributed by atoms with van der Waals surface area (Å²) in [5, 5.41) is 16.6. The van der Waals surface area contributed by atoms with E-state index in [4.69, 9.17) is 10.7 Å². The third-order valence-electron chi connectivity index (χ3n) is 5.11. The topological polar surface area (TPSA) is 96.3 Å². The van der Waals surface area contributed by atoms with Gasteiger partial charge >= 0.3 is 0 Å². The quantitative estimate of drug-likeness (QED) is 0.502. The summed E-state index contributed by atoms with van der Waals surface area (Å²) in [6.07, 6.45) is 6.38. The highest BCUT2D eigenvalue weighted by Crippen LogP contribution is 2.39. The van der Waals surface area contributed by atoms with Crippen molar-refractivity contribution in [1.29, 1.82) is 0 Å². The van der Waals surface area contributed by atoms with Crippen LogP contribution in [-0.2, 0) is 12.8 Å². The number of nitrogens with two attached hydrogens (primary N) is 1. The third-order valence-corrected chi connectivity index (χ3v) is 5.11. The Bertz CT molecular complexity index is 1090. The molecule has 0 atom stereocenters. The normalized spacial score (nSPS) is 14.4. The maximum absolute atomic E-state index is 6.15. The van der Waals surface area contributed by atoms with Crippen LogP contribution in [0.15, 0.2) is 18.3 Å². The molecular formula is C18H18N6. The van der Waals surface area contributed by atoms with E-state index in [-0.39, 0.29) is 0 Å². The molecule has 0 unspecified atom stereocenters. The summed E-state index contributed by atoms with van der Waals surface area (Å²) >= 11 is 0. The first-order chi connectivity index (χ1) is 11.7. The highest BCUT2D eigenvalue weighted by atomic mass is 15.1. The number of fused-ring (bicyclic) bond motifs is 5. The number of aromatic amines is 2. The van der Waals surface area contributed by atoms with Crippen molar-refractivity contribution in [3.8, 4) is 11.3 Å². The second-order valence-corrected chi connectivity index (χ2v) is 6.52. The van der Waals surface area contributed by atoms with Gasteiger partial charge in [-0.15, -0.1) is 0 Å². The summed E-state index contributed by atoms with van der Waals surface area (Å²) < 4.78 is 0. The molecule has 4 N–H and O–H groups in total. The van der Waals surface area contributed by atoms with Crippen LogP contribution in [0.3, 0.4) is 0 Å². The first-order valence-electron chi connectivity index (χ1n) is 8.32. The molecule has 0 bridgehead atoms. The smallest absolute Gasteiger partial charge is 0.153 e. The molecule has 3 aromatic heterocycles. The molecule has 0 radical (unpaired) electrons. The Labute approximate surface area is 138 Å². The summed E-state index contributed by atoms with van der Waals surface area (Å²) in [5.41, 5.74) is 14.0. The van der Waals surface area contributed by atoms with Crippen LogP contribution in [0.25, 0.3) is 33.1 Å². The highest BCUT2D eigenvalue weighted by molar-refractivity contribution is 6.12. The average Bonchev–Trinajstić information content (AvgIpc) is 3.20. The fraction of sp³-hybridized carbons (Fsp3) is 0.278. The van der Waals surface area contributed by atoms with Crippen molar-refractivity contribution in [3.05, 3.63) is 35.2 Å². The van der Waals surface area contributed by atoms with E-state index in [2.05, 4.69) is 26.5 Å². The molecule has 1 aliphatic rings. The van der Waals surface area contributed by atoms with E-state index in [1.165, 1.54) is 29.4 Å².